The lowest BCUT2D eigenvalue weighted by molar-refractivity contribution is -0.122. The first kappa shape index (κ1) is 19.6. The molecule has 2 atom stereocenters. The van der Waals surface area contributed by atoms with Gasteiger partial charge in [0.2, 0.25) is 5.91 Å². The summed E-state index contributed by atoms with van der Waals surface area (Å²) in [7, 11) is 0. The number of rotatable bonds is 8. The van der Waals surface area contributed by atoms with Crippen molar-refractivity contribution < 1.29 is 9.90 Å². The maximum atomic E-state index is 12.2. The van der Waals surface area contributed by atoms with Crippen LogP contribution in [0.5, 0.6) is 0 Å². The fourth-order valence-corrected chi connectivity index (χ4v) is 3.71. The Kier molecular flexibility index (Phi) is 7.02. The predicted molar refractivity (Wildman–Crippen MR) is 109 cm³/mol. The van der Waals surface area contributed by atoms with E-state index in [1.165, 1.54) is 12.8 Å². The molecular weight excluding hydrogens is 336 g/mol. The molecule has 1 aliphatic heterocycles. The van der Waals surface area contributed by atoms with Gasteiger partial charge in [-0.25, -0.2) is 0 Å². The summed E-state index contributed by atoms with van der Waals surface area (Å²) in [6.07, 6.45) is 2.98. The minimum Gasteiger partial charge on any atom is -0.386 e. The number of nitrogens with one attached hydrogen (secondary N) is 1. The van der Waals surface area contributed by atoms with Gasteiger partial charge in [-0.1, -0.05) is 61.5 Å². The van der Waals surface area contributed by atoms with E-state index < -0.39 is 6.10 Å². The van der Waals surface area contributed by atoms with Crippen molar-refractivity contribution in [2.24, 2.45) is 0 Å². The predicted octanol–water partition coefficient (Wildman–Crippen LogP) is 3.77. The molecule has 27 heavy (non-hydrogen) atoms. The van der Waals surface area contributed by atoms with E-state index in [1.54, 1.807) is 0 Å². The van der Waals surface area contributed by atoms with Crippen LogP contribution in [0.15, 0.2) is 54.6 Å². The first-order valence-corrected chi connectivity index (χ1v) is 10.0. The maximum absolute atomic E-state index is 12.2. The smallest absolute Gasteiger partial charge is 0.220 e. The van der Waals surface area contributed by atoms with Gasteiger partial charge < -0.3 is 15.3 Å². The number of carbonyl (C=O) groups excluding carboxylic acids is 1. The Labute approximate surface area is 162 Å². The lowest BCUT2D eigenvalue weighted by atomic mass is 9.98. The van der Waals surface area contributed by atoms with Gasteiger partial charge in [0, 0.05) is 13.0 Å². The molecule has 0 bridgehead atoms. The Morgan fingerprint density at radius 2 is 1.67 bits per heavy atom. The molecule has 3 rings (SSSR count). The minimum absolute atomic E-state index is 0.0154. The van der Waals surface area contributed by atoms with Crippen LogP contribution in [-0.4, -0.2) is 41.6 Å². The lowest BCUT2D eigenvalue weighted by Gasteiger charge is -2.29. The van der Waals surface area contributed by atoms with Gasteiger partial charge in [0.15, 0.2) is 0 Å². The first-order chi connectivity index (χ1) is 13.2. The van der Waals surface area contributed by atoms with Gasteiger partial charge in [-0.15, -0.1) is 0 Å². The van der Waals surface area contributed by atoms with Crippen molar-refractivity contribution in [3.63, 3.8) is 0 Å². The van der Waals surface area contributed by atoms with E-state index in [4.69, 9.17) is 0 Å². The number of aliphatic hydroxyl groups is 1. The minimum atomic E-state index is -0.712. The first-order valence-electron chi connectivity index (χ1n) is 10.0. The van der Waals surface area contributed by atoms with E-state index in [0.29, 0.717) is 13.0 Å². The highest BCUT2D eigenvalue weighted by molar-refractivity contribution is 5.76. The van der Waals surface area contributed by atoms with E-state index in [0.717, 1.165) is 36.2 Å². The summed E-state index contributed by atoms with van der Waals surface area (Å²) < 4.78 is 0. The second-order valence-corrected chi connectivity index (χ2v) is 7.36. The third-order valence-corrected chi connectivity index (χ3v) is 5.22. The number of hydrogen-bond acceptors (Lipinski definition) is 3. The van der Waals surface area contributed by atoms with Crippen LogP contribution in [-0.2, 0) is 4.79 Å². The van der Waals surface area contributed by atoms with Crippen LogP contribution >= 0.6 is 0 Å². The number of likely N-dealkylation sites (tertiary alicyclic amines) is 1. The van der Waals surface area contributed by atoms with E-state index in [1.807, 2.05) is 49.4 Å². The Morgan fingerprint density at radius 3 is 2.30 bits per heavy atom. The van der Waals surface area contributed by atoms with E-state index in [2.05, 4.69) is 22.3 Å². The van der Waals surface area contributed by atoms with Crippen LogP contribution in [0.4, 0.5) is 0 Å². The molecule has 1 amide bonds. The Morgan fingerprint density at radius 1 is 1.04 bits per heavy atom. The Hall–Kier alpha value is -2.17. The van der Waals surface area contributed by atoms with Gasteiger partial charge in [0.05, 0.1) is 6.04 Å². The molecule has 1 fully saturated rings. The molecule has 4 nitrogen and oxygen atoms in total. The molecule has 4 heteroatoms. The van der Waals surface area contributed by atoms with Crippen LogP contribution in [0.3, 0.4) is 0 Å². The molecule has 0 unspecified atom stereocenters. The van der Waals surface area contributed by atoms with Crippen LogP contribution in [0.25, 0.3) is 11.1 Å². The topological polar surface area (TPSA) is 52.6 Å². The zero-order chi connectivity index (χ0) is 19.1. The van der Waals surface area contributed by atoms with Gasteiger partial charge >= 0.3 is 0 Å². The van der Waals surface area contributed by atoms with Crippen LogP contribution in [0.2, 0.25) is 0 Å². The van der Waals surface area contributed by atoms with Crippen LogP contribution in [0, 0.1) is 0 Å². The average Bonchev–Trinajstić information content (AvgIpc) is 3.21. The molecule has 1 heterocycles. The van der Waals surface area contributed by atoms with E-state index >= 15 is 0 Å². The van der Waals surface area contributed by atoms with Crippen molar-refractivity contribution in [1.29, 1.82) is 0 Å². The monoisotopic (exact) mass is 366 g/mol. The summed E-state index contributed by atoms with van der Waals surface area (Å²) in [5.41, 5.74) is 3.12. The van der Waals surface area contributed by atoms with Crippen LogP contribution in [0.1, 0.15) is 44.3 Å². The standard InChI is InChI=1S/C23H30N2O2/c1-2-8-22(26)24-21(17-25-15-6-7-16-25)23(27)20-13-11-19(12-14-20)18-9-4-3-5-10-18/h3-5,9-14,21,23,27H,2,6-8,15-17H2,1H3,(H,24,26)/t21-,23-/m1/s1. The second kappa shape index (κ2) is 9.67. The van der Waals surface area contributed by atoms with Crippen molar-refractivity contribution in [3.05, 3.63) is 60.2 Å². The van der Waals surface area contributed by atoms with Crippen molar-refractivity contribution in [2.75, 3.05) is 19.6 Å². The van der Waals surface area contributed by atoms with Gasteiger partial charge in [0.25, 0.3) is 0 Å². The highest BCUT2D eigenvalue weighted by atomic mass is 16.3. The maximum Gasteiger partial charge on any atom is 0.220 e. The molecule has 2 N–H and O–H groups in total. The van der Waals surface area contributed by atoms with Crippen molar-refractivity contribution in [2.45, 2.75) is 44.8 Å². The number of hydrogen-bond donors (Lipinski definition) is 2. The summed E-state index contributed by atoms with van der Waals surface area (Å²) in [6, 6.07) is 17.9. The Balaban J connectivity index is 1.73. The highest BCUT2D eigenvalue weighted by Crippen LogP contribution is 2.24. The number of aliphatic hydroxyl groups excluding tert-OH is 1. The quantitative estimate of drug-likeness (QED) is 0.748. The fourth-order valence-electron chi connectivity index (χ4n) is 3.71. The summed E-state index contributed by atoms with van der Waals surface area (Å²) in [5.74, 6) is 0.0154. The number of benzene rings is 2. The molecule has 2 aromatic rings. The Bertz CT molecular complexity index is 709. The molecule has 144 valence electrons. The molecule has 0 radical (unpaired) electrons. The van der Waals surface area contributed by atoms with E-state index in [-0.39, 0.29) is 11.9 Å². The van der Waals surface area contributed by atoms with Gasteiger partial charge in [0.1, 0.15) is 6.10 Å². The number of carbonyl (C=O) groups is 1. The average molecular weight is 367 g/mol. The van der Waals surface area contributed by atoms with Crippen molar-refractivity contribution >= 4 is 5.91 Å². The summed E-state index contributed by atoms with van der Waals surface area (Å²) in [6.45, 7) is 4.77. The normalized spacial score (nSPS) is 16.8. The van der Waals surface area contributed by atoms with E-state index in [9.17, 15) is 9.90 Å². The van der Waals surface area contributed by atoms with Crippen LogP contribution < -0.4 is 5.32 Å². The van der Waals surface area contributed by atoms with Gasteiger partial charge in [-0.3, -0.25) is 4.79 Å². The molecule has 0 aliphatic carbocycles. The molecule has 1 saturated heterocycles. The van der Waals surface area contributed by atoms with Gasteiger partial charge in [-0.2, -0.15) is 0 Å². The lowest BCUT2D eigenvalue weighted by Crippen LogP contribution is -2.46. The SMILES string of the molecule is CCCC(=O)N[C@H](CN1CCCC1)[C@H](O)c1ccc(-c2ccccc2)cc1. The molecular formula is C23H30N2O2. The molecule has 0 aromatic heterocycles. The number of nitrogens with zero attached hydrogens (tertiary/aromatic N) is 1. The molecule has 0 spiro atoms. The molecule has 1 aliphatic rings. The van der Waals surface area contributed by atoms with Crippen molar-refractivity contribution in [1.82, 2.24) is 10.2 Å². The molecule has 2 aromatic carbocycles. The third-order valence-electron chi connectivity index (χ3n) is 5.22. The number of amides is 1. The largest absolute Gasteiger partial charge is 0.386 e. The summed E-state index contributed by atoms with van der Waals surface area (Å²) in [4.78, 5) is 14.5. The molecule has 0 saturated carbocycles. The third kappa shape index (κ3) is 5.41. The van der Waals surface area contributed by atoms with Gasteiger partial charge in [-0.05, 0) is 49.0 Å². The highest BCUT2D eigenvalue weighted by Gasteiger charge is 2.26. The van der Waals surface area contributed by atoms with Crippen molar-refractivity contribution in [3.8, 4) is 11.1 Å². The zero-order valence-corrected chi connectivity index (χ0v) is 16.1. The zero-order valence-electron chi connectivity index (χ0n) is 16.1. The second-order valence-electron chi connectivity index (χ2n) is 7.36. The fraction of sp³-hybridized carbons (Fsp3) is 0.435. The summed E-state index contributed by atoms with van der Waals surface area (Å²) in [5, 5.41) is 14.0. The summed E-state index contributed by atoms with van der Waals surface area (Å²) >= 11 is 0.